The van der Waals surface area contributed by atoms with Crippen molar-refractivity contribution in [3.8, 4) is 5.75 Å². The molecule has 176 valence electrons. The number of nitrogens with one attached hydrogen (secondary N) is 1. The largest absolute Gasteiger partial charge is 0.489 e. The summed E-state index contributed by atoms with van der Waals surface area (Å²) in [6.45, 7) is 2.13. The third-order valence-electron chi connectivity index (χ3n) is 5.19. The van der Waals surface area contributed by atoms with E-state index in [9.17, 15) is 18.8 Å². The van der Waals surface area contributed by atoms with Crippen molar-refractivity contribution in [3.05, 3.63) is 40.1 Å². The Kier molecular flexibility index (Phi) is 7.09. The topological polar surface area (TPSA) is 97.4 Å². The number of hydrogen-bond acceptors (Lipinski definition) is 7. The highest BCUT2D eigenvalue weighted by atomic mass is 32.1. The molecule has 3 amide bonds. The van der Waals surface area contributed by atoms with Gasteiger partial charge in [0.1, 0.15) is 31.7 Å². The van der Waals surface area contributed by atoms with Gasteiger partial charge in [-0.05, 0) is 31.2 Å². The van der Waals surface area contributed by atoms with Crippen LogP contribution in [0.25, 0.3) is 0 Å². The fourth-order valence-corrected chi connectivity index (χ4v) is 4.41. The predicted molar refractivity (Wildman–Crippen MR) is 120 cm³/mol. The quantitative estimate of drug-likeness (QED) is 0.628. The molecule has 0 bridgehead atoms. The minimum atomic E-state index is -0.707. The Balaban J connectivity index is 1.46. The summed E-state index contributed by atoms with van der Waals surface area (Å²) in [4.78, 5) is 41.6. The number of aryl methyl sites for hydroxylation is 1. The van der Waals surface area contributed by atoms with Crippen LogP contribution in [0.15, 0.2) is 30.3 Å². The number of hydrogen-bond donors (Lipinski definition) is 1. The average molecular weight is 478 g/mol. The van der Waals surface area contributed by atoms with Gasteiger partial charge >= 0.3 is 6.09 Å². The van der Waals surface area contributed by atoms with E-state index in [1.165, 1.54) is 16.2 Å². The van der Waals surface area contributed by atoms with Gasteiger partial charge < -0.3 is 24.4 Å². The molecular weight excluding hydrogens is 453 g/mol. The molecule has 1 aromatic heterocycles. The second-order valence-electron chi connectivity index (χ2n) is 7.52. The highest BCUT2D eigenvalue weighted by Gasteiger charge is 2.35. The summed E-state index contributed by atoms with van der Waals surface area (Å²) in [5.74, 6) is -0.156. The van der Waals surface area contributed by atoms with E-state index >= 15 is 0 Å². The zero-order chi connectivity index (χ0) is 23.4. The number of nitrogens with zero attached hydrogens (tertiary/aromatic N) is 2. The van der Waals surface area contributed by atoms with Gasteiger partial charge in [-0.1, -0.05) is 0 Å². The van der Waals surface area contributed by atoms with Crippen molar-refractivity contribution in [1.29, 1.82) is 0 Å². The number of morpholine rings is 1. The number of benzene rings is 1. The van der Waals surface area contributed by atoms with Crippen LogP contribution in [0.2, 0.25) is 0 Å². The van der Waals surface area contributed by atoms with Crippen LogP contribution in [-0.2, 0) is 14.3 Å². The van der Waals surface area contributed by atoms with Gasteiger partial charge in [0, 0.05) is 23.2 Å². The number of thiophene rings is 1. The van der Waals surface area contributed by atoms with E-state index in [2.05, 4.69) is 5.32 Å². The second-order valence-corrected chi connectivity index (χ2v) is 8.81. The summed E-state index contributed by atoms with van der Waals surface area (Å²) in [5.41, 5.74) is 0.976. The predicted octanol–water partition coefficient (Wildman–Crippen LogP) is 2.52. The molecule has 1 aromatic carbocycles. The number of halogens is 1. The first-order valence-corrected chi connectivity index (χ1v) is 11.3. The average Bonchev–Trinajstić information content (AvgIpc) is 3.41. The zero-order valence-electron chi connectivity index (χ0n) is 18.0. The number of carbonyl (C=O) groups excluding carboxylic acids is 3. The maximum Gasteiger partial charge on any atom is 0.414 e. The fourth-order valence-electron chi connectivity index (χ4n) is 3.62. The van der Waals surface area contributed by atoms with Crippen molar-refractivity contribution in [3.63, 3.8) is 0 Å². The SMILES string of the molecule is Cc1ccc(C(=O)NCC2CN(c3ccc(N4CCOCC4=O)cc3OCCF)C(=O)O2)s1. The molecule has 33 heavy (non-hydrogen) atoms. The summed E-state index contributed by atoms with van der Waals surface area (Å²) < 4.78 is 28.9. The number of anilines is 2. The van der Waals surface area contributed by atoms with Crippen LogP contribution < -0.4 is 19.9 Å². The number of rotatable bonds is 8. The molecule has 9 nitrogen and oxygen atoms in total. The van der Waals surface area contributed by atoms with Crippen LogP contribution in [0.1, 0.15) is 14.5 Å². The van der Waals surface area contributed by atoms with Crippen LogP contribution >= 0.6 is 11.3 Å². The molecule has 4 rings (SSSR count). The molecule has 2 aliphatic heterocycles. The molecule has 0 spiro atoms. The molecular formula is C22H24FN3O6S. The Morgan fingerprint density at radius 2 is 2.12 bits per heavy atom. The van der Waals surface area contributed by atoms with Crippen molar-refractivity contribution in [1.82, 2.24) is 5.32 Å². The van der Waals surface area contributed by atoms with E-state index in [1.807, 2.05) is 13.0 Å². The normalized spacial score (nSPS) is 18.4. The third kappa shape index (κ3) is 5.25. The molecule has 0 radical (unpaired) electrons. The first-order chi connectivity index (χ1) is 16.0. The molecule has 3 heterocycles. The van der Waals surface area contributed by atoms with Crippen molar-refractivity contribution in [2.24, 2.45) is 0 Å². The molecule has 2 aromatic rings. The maximum atomic E-state index is 12.8. The standard InChI is InChI=1S/C22H24FN3O6S/c1-14-2-5-19(33-14)21(28)24-11-16-12-26(22(29)32-16)17-4-3-15(10-18(17)31-8-6-23)25-7-9-30-13-20(25)27/h2-5,10,16H,6-9,11-13H2,1H3,(H,24,28). The van der Waals surface area contributed by atoms with Crippen molar-refractivity contribution in [2.75, 3.05) is 55.9 Å². The first-order valence-electron chi connectivity index (χ1n) is 10.5. The molecule has 0 aliphatic carbocycles. The lowest BCUT2D eigenvalue weighted by atomic mass is 10.2. The Labute approximate surface area is 194 Å². The summed E-state index contributed by atoms with van der Waals surface area (Å²) in [6, 6.07) is 8.56. The summed E-state index contributed by atoms with van der Waals surface area (Å²) in [5, 5.41) is 2.78. The number of ether oxygens (including phenoxy) is 3. The number of cyclic esters (lactones) is 1. The van der Waals surface area contributed by atoms with E-state index in [0.29, 0.717) is 29.4 Å². The smallest absolute Gasteiger partial charge is 0.414 e. The van der Waals surface area contributed by atoms with Gasteiger partial charge in [-0.25, -0.2) is 9.18 Å². The van der Waals surface area contributed by atoms with E-state index < -0.39 is 18.9 Å². The van der Waals surface area contributed by atoms with Crippen molar-refractivity contribution < 1.29 is 33.0 Å². The molecule has 2 aliphatic rings. The van der Waals surface area contributed by atoms with E-state index in [0.717, 1.165) is 4.88 Å². The van der Waals surface area contributed by atoms with E-state index in [1.54, 1.807) is 29.2 Å². The molecule has 1 unspecified atom stereocenters. The minimum absolute atomic E-state index is 0.0146. The minimum Gasteiger partial charge on any atom is -0.489 e. The van der Waals surface area contributed by atoms with Crippen LogP contribution in [0, 0.1) is 6.92 Å². The van der Waals surface area contributed by atoms with Gasteiger partial charge in [-0.3, -0.25) is 14.5 Å². The van der Waals surface area contributed by atoms with E-state index in [-0.39, 0.29) is 43.9 Å². The fraction of sp³-hybridized carbons (Fsp3) is 0.409. The monoisotopic (exact) mass is 477 g/mol. The van der Waals surface area contributed by atoms with Crippen molar-refractivity contribution in [2.45, 2.75) is 13.0 Å². The highest BCUT2D eigenvalue weighted by Crippen LogP contribution is 2.35. The van der Waals surface area contributed by atoms with Gasteiger partial charge in [0.05, 0.1) is 30.3 Å². The maximum absolute atomic E-state index is 12.8. The highest BCUT2D eigenvalue weighted by molar-refractivity contribution is 7.13. The number of alkyl halides is 1. The van der Waals surface area contributed by atoms with Crippen molar-refractivity contribution >= 4 is 40.6 Å². The summed E-state index contributed by atoms with van der Waals surface area (Å²) in [6.07, 6.45) is -1.15. The lowest BCUT2D eigenvalue weighted by Crippen LogP contribution is -2.41. The van der Waals surface area contributed by atoms with Gasteiger partial charge in [0.25, 0.3) is 11.8 Å². The Bertz CT molecular complexity index is 1040. The number of amides is 3. The van der Waals surface area contributed by atoms with Gasteiger partial charge in [-0.2, -0.15) is 0 Å². The van der Waals surface area contributed by atoms with Crippen LogP contribution in [0.4, 0.5) is 20.6 Å². The van der Waals surface area contributed by atoms with Crippen LogP contribution in [0.5, 0.6) is 5.75 Å². The molecule has 2 fully saturated rings. The van der Waals surface area contributed by atoms with Gasteiger partial charge in [0.15, 0.2) is 0 Å². The lowest BCUT2D eigenvalue weighted by molar-refractivity contribution is -0.125. The van der Waals surface area contributed by atoms with Crippen LogP contribution in [0.3, 0.4) is 0 Å². The van der Waals surface area contributed by atoms with E-state index in [4.69, 9.17) is 14.2 Å². The summed E-state index contributed by atoms with van der Waals surface area (Å²) in [7, 11) is 0. The zero-order valence-corrected chi connectivity index (χ0v) is 18.9. The molecule has 1 atom stereocenters. The molecule has 2 saturated heterocycles. The summed E-state index contributed by atoms with van der Waals surface area (Å²) >= 11 is 1.39. The van der Waals surface area contributed by atoms with Gasteiger partial charge in [0.2, 0.25) is 0 Å². The molecule has 0 saturated carbocycles. The molecule has 1 N–H and O–H groups in total. The first kappa shape index (κ1) is 23.0. The Hall–Kier alpha value is -3.18. The second kappa shape index (κ2) is 10.2. The molecule has 11 heteroatoms. The Morgan fingerprint density at radius 1 is 1.27 bits per heavy atom. The Morgan fingerprint density at radius 3 is 2.85 bits per heavy atom. The lowest BCUT2D eigenvalue weighted by Gasteiger charge is -2.28. The van der Waals surface area contributed by atoms with Crippen LogP contribution in [-0.4, -0.2) is 70.1 Å². The number of carbonyl (C=O) groups is 3. The van der Waals surface area contributed by atoms with Gasteiger partial charge in [-0.15, -0.1) is 11.3 Å². The third-order valence-corrected chi connectivity index (χ3v) is 6.19.